The van der Waals surface area contributed by atoms with Crippen LogP contribution in [0.2, 0.25) is 0 Å². The predicted octanol–water partition coefficient (Wildman–Crippen LogP) is 3.87. The maximum absolute atomic E-state index is 12.8. The van der Waals surface area contributed by atoms with Crippen molar-refractivity contribution >= 4 is 0 Å². The van der Waals surface area contributed by atoms with Crippen LogP contribution in [0.25, 0.3) is 0 Å². The van der Waals surface area contributed by atoms with Crippen LogP contribution in [0.5, 0.6) is 0 Å². The highest BCUT2D eigenvalue weighted by Crippen LogP contribution is 2.32. The predicted molar refractivity (Wildman–Crippen MR) is 76.5 cm³/mol. The average Bonchev–Trinajstić information content (AvgIpc) is 2.38. The average molecular weight is 294 g/mol. The van der Waals surface area contributed by atoms with Gasteiger partial charge in [-0.2, -0.15) is 13.2 Å². The molecular weight excluding hydrogens is 277 g/mol. The fourth-order valence-corrected chi connectivity index (χ4v) is 2.46. The van der Waals surface area contributed by atoms with E-state index in [2.05, 4.69) is 5.43 Å². The number of benzene rings is 2. The Kier molecular flexibility index (Phi) is 4.34. The minimum Gasteiger partial charge on any atom is -0.271 e. The number of rotatable bonds is 3. The van der Waals surface area contributed by atoms with E-state index in [9.17, 15) is 13.2 Å². The summed E-state index contributed by atoms with van der Waals surface area (Å²) in [6.45, 7) is 3.88. The third-order valence-corrected chi connectivity index (χ3v) is 3.29. The third-order valence-electron chi connectivity index (χ3n) is 3.29. The second-order valence-corrected chi connectivity index (χ2v) is 5.14. The Morgan fingerprint density at radius 2 is 1.57 bits per heavy atom. The number of nitrogens with one attached hydrogen (secondary N) is 1. The van der Waals surface area contributed by atoms with Crippen LogP contribution in [0.3, 0.4) is 0 Å². The Balaban J connectivity index is 2.46. The van der Waals surface area contributed by atoms with Crippen molar-refractivity contribution in [2.45, 2.75) is 26.1 Å². The number of hydrogen-bond donors (Lipinski definition) is 2. The zero-order valence-corrected chi connectivity index (χ0v) is 11.8. The molecule has 0 bridgehead atoms. The Labute approximate surface area is 121 Å². The number of hydrazine groups is 1. The van der Waals surface area contributed by atoms with Gasteiger partial charge in [0.2, 0.25) is 0 Å². The lowest BCUT2D eigenvalue weighted by Gasteiger charge is -2.19. The van der Waals surface area contributed by atoms with Gasteiger partial charge in [0.15, 0.2) is 0 Å². The first-order valence-electron chi connectivity index (χ1n) is 6.53. The molecule has 0 aliphatic carbocycles. The zero-order valence-electron chi connectivity index (χ0n) is 11.8. The highest BCUT2D eigenvalue weighted by molar-refractivity contribution is 5.38. The molecule has 1 atom stereocenters. The molecule has 1 unspecified atom stereocenters. The molecule has 0 heterocycles. The van der Waals surface area contributed by atoms with Gasteiger partial charge in [0.1, 0.15) is 0 Å². The summed E-state index contributed by atoms with van der Waals surface area (Å²) in [5.41, 5.74) is 5.33. The lowest BCUT2D eigenvalue weighted by atomic mass is 9.95. The van der Waals surface area contributed by atoms with Crippen LogP contribution in [-0.2, 0) is 6.18 Å². The zero-order chi connectivity index (χ0) is 15.6. The summed E-state index contributed by atoms with van der Waals surface area (Å²) < 4.78 is 38.4. The van der Waals surface area contributed by atoms with Crippen LogP contribution in [0, 0.1) is 13.8 Å². The van der Waals surface area contributed by atoms with Crippen LogP contribution in [0.4, 0.5) is 13.2 Å². The van der Waals surface area contributed by atoms with E-state index in [1.54, 1.807) is 6.07 Å². The molecule has 2 nitrogen and oxygen atoms in total. The van der Waals surface area contributed by atoms with Gasteiger partial charge >= 0.3 is 6.18 Å². The Hall–Kier alpha value is -1.85. The van der Waals surface area contributed by atoms with Crippen molar-refractivity contribution in [2.24, 2.45) is 5.84 Å². The number of aryl methyl sites for hydroxylation is 2. The molecule has 112 valence electrons. The molecule has 21 heavy (non-hydrogen) atoms. The minimum absolute atomic E-state index is 0.481. The molecule has 3 N–H and O–H groups in total. The molecule has 0 radical (unpaired) electrons. The van der Waals surface area contributed by atoms with E-state index in [4.69, 9.17) is 5.84 Å². The maximum atomic E-state index is 12.8. The van der Waals surface area contributed by atoms with Crippen molar-refractivity contribution in [3.05, 3.63) is 70.3 Å². The number of nitrogens with two attached hydrogens (primary N) is 1. The van der Waals surface area contributed by atoms with Gasteiger partial charge in [0.05, 0.1) is 11.6 Å². The molecule has 0 spiro atoms. The van der Waals surface area contributed by atoms with Gasteiger partial charge in [-0.05, 0) is 37.1 Å². The molecule has 0 saturated carbocycles. The number of hydrogen-bond acceptors (Lipinski definition) is 2. The van der Waals surface area contributed by atoms with E-state index in [0.29, 0.717) is 5.56 Å². The molecule has 5 heteroatoms. The standard InChI is InChI=1S/C16H17F3N2/c1-10-6-11(2)8-13(7-10)15(21-20)12-4-3-5-14(9-12)16(17,18)19/h3-9,15,21H,20H2,1-2H3. The highest BCUT2D eigenvalue weighted by Gasteiger charge is 2.31. The van der Waals surface area contributed by atoms with Crippen molar-refractivity contribution in [3.8, 4) is 0 Å². The van der Waals surface area contributed by atoms with Crippen molar-refractivity contribution < 1.29 is 13.2 Å². The molecule has 0 aliphatic heterocycles. The van der Waals surface area contributed by atoms with Crippen LogP contribution in [-0.4, -0.2) is 0 Å². The van der Waals surface area contributed by atoms with Gasteiger partial charge in [-0.25, -0.2) is 5.43 Å². The smallest absolute Gasteiger partial charge is 0.271 e. The monoisotopic (exact) mass is 294 g/mol. The first-order chi connectivity index (χ1) is 9.81. The summed E-state index contributed by atoms with van der Waals surface area (Å²) in [6.07, 6.45) is -4.36. The van der Waals surface area contributed by atoms with E-state index in [1.165, 1.54) is 6.07 Å². The van der Waals surface area contributed by atoms with Crippen molar-refractivity contribution in [1.29, 1.82) is 0 Å². The molecule has 0 aromatic heterocycles. The second kappa shape index (κ2) is 5.87. The van der Waals surface area contributed by atoms with E-state index in [1.807, 2.05) is 32.0 Å². The Bertz CT molecular complexity index is 615. The molecule has 2 rings (SSSR count). The van der Waals surface area contributed by atoms with Crippen LogP contribution >= 0.6 is 0 Å². The Morgan fingerprint density at radius 1 is 0.952 bits per heavy atom. The van der Waals surface area contributed by atoms with Gasteiger partial charge in [-0.3, -0.25) is 5.84 Å². The molecule has 0 saturated heterocycles. The van der Waals surface area contributed by atoms with Gasteiger partial charge < -0.3 is 0 Å². The number of alkyl halides is 3. The molecule has 2 aromatic carbocycles. The summed E-state index contributed by atoms with van der Waals surface area (Å²) in [6, 6.07) is 10.6. The van der Waals surface area contributed by atoms with Crippen molar-refractivity contribution in [2.75, 3.05) is 0 Å². The fourth-order valence-electron chi connectivity index (χ4n) is 2.46. The largest absolute Gasteiger partial charge is 0.416 e. The molecule has 0 fully saturated rings. The first-order valence-corrected chi connectivity index (χ1v) is 6.53. The lowest BCUT2D eigenvalue weighted by molar-refractivity contribution is -0.137. The van der Waals surface area contributed by atoms with E-state index < -0.39 is 17.8 Å². The van der Waals surface area contributed by atoms with Gasteiger partial charge in [0.25, 0.3) is 0 Å². The molecule has 2 aromatic rings. The van der Waals surface area contributed by atoms with Crippen LogP contribution in [0.1, 0.15) is 33.9 Å². The minimum atomic E-state index is -4.36. The summed E-state index contributed by atoms with van der Waals surface area (Å²) in [4.78, 5) is 0. The van der Waals surface area contributed by atoms with Crippen LogP contribution in [0.15, 0.2) is 42.5 Å². The maximum Gasteiger partial charge on any atom is 0.416 e. The highest BCUT2D eigenvalue weighted by atomic mass is 19.4. The van der Waals surface area contributed by atoms with Gasteiger partial charge in [0, 0.05) is 0 Å². The second-order valence-electron chi connectivity index (χ2n) is 5.14. The molecular formula is C16H17F3N2. The normalized spacial score (nSPS) is 13.2. The number of halogens is 3. The summed E-state index contributed by atoms with van der Waals surface area (Å²) in [5, 5.41) is 0. The van der Waals surface area contributed by atoms with E-state index in [0.717, 1.165) is 28.8 Å². The summed E-state index contributed by atoms with van der Waals surface area (Å²) in [7, 11) is 0. The lowest BCUT2D eigenvalue weighted by Crippen LogP contribution is -2.29. The van der Waals surface area contributed by atoms with Crippen LogP contribution < -0.4 is 11.3 Å². The molecule has 0 amide bonds. The van der Waals surface area contributed by atoms with Gasteiger partial charge in [-0.1, -0.05) is 41.5 Å². The quantitative estimate of drug-likeness (QED) is 0.666. The molecule has 0 aliphatic rings. The van der Waals surface area contributed by atoms with Crippen molar-refractivity contribution in [3.63, 3.8) is 0 Å². The van der Waals surface area contributed by atoms with E-state index >= 15 is 0 Å². The SMILES string of the molecule is Cc1cc(C)cc(C(NN)c2cccc(C(F)(F)F)c2)c1. The Morgan fingerprint density at radius 3 is 2.10 bits per heavy atom. The fraction of sp³-hybridized carbons (Fsp3) is 0.250. The van der Waals surface area contributed by atoms with Gasteiger partial charge in [-0.15, -0.1) is 0 Å². The third kappa shape index (κ3) is 3.62. The summed E-state index contributed by atoms with van der Waals surface area (Å²) >= 11 is 0. The van der Waals surface area contributed by atoms with Crippen molar-refractivity contribution in [1.82, 2.24) is 5.43 Å². The topological polar surface area (TPSA) is 38.0 Å². The summed E-state index contributed by atoms with van der Waals surface area (Å²) in [5.74, 6) is 5.56. The van der Waals surface area contributed by atoms with E-state index in [-0.39, 0.29) is 0 Å². The first kappa shape index (κ1) is 15.5.